The maximum atomic E-state index is 13.9. The topological polar surface area (TPSA) is 43.8 Å². The number of hydrogen-bond donors (Lipinski definition) is 1. The van der Waals surface area contributed by atoms with E-state index >= 15 is 0 Å². The van der Waals surface area contributed by atoms with Crippen LogP contribution in [0.5, 0.6) is 0 Å². The Balaban J connectivity index is 2.08. The van der Waals surface area contributed by atoms with Gasteiger partial charge in [-0.3, -0.25) is 0 Å². The summed E-state index contributed by atoms with van der Waals surface area (Å²) in [5.74, 6) is 0.189. The zero-order valence-corrected chi connectivity index (χ0v) is 14.7. The highest BCUT2D eigenvalue weighted by Crippen LogP contribution is 2.32. The smallest absolute Gasteiger partial charge is 0.201 e. The molecule has 0 aliphatic heterocycles. The molecule has 0 saturated carbocycles. The predicted molar refractivity (Wildman–Crippen MR) is 94.2 cm³/mol. The van der Waals surface area contributed by atoms with E-state index in [0.29, 0.717) is 16.1 Å². The molecule has 0 unspecified atom stereocenters. The summed E-state index contributed by atoms with van der Waals surface area (Å²) in [4.78, 5) is 5.63. The lowest BCUT2D eigenvalue weighted by Gasteiger charge is -2.24. The maximum absolute atomic E-state index is 13.9. The van der Waals surface area contributed by atoms with Gasteiger partial charge in [0.25, 0.3) is 0 Å². The molecule has 2 heterocycles. The Bertz CT molecular complexity index is 793. The van der Waals surface area contributed by atoms with E-state index in [1.54, 1.807) is 17.4 Å². The van der Waals surface area contributed by atoms with Crippen LogP contribution in [0.2, 0.25) is 0 Å². The van der Waals surface area contributed by atoms with E-state index in [1.165, 1.54) is 10.9 Å². The molecular weight excluding hydrogens is 400 g/mol. The van der Waals surface area contributed by atoms with Crippen molar-refractivity contribution >= 4 is 50.9 Å². The number of aromatic nitrogens is 2. The van der Waals surface area contributed by atoms with Gasteiger partial charge < -0.3 is 10.3 Å². The van der Waals surface area contributed by atoms with E-state index in [4.69, 9.17) is 5.73 Å². The predicted octanol–water partition coefficient (Wildman–Crippen LogP) is 4.40. The molecule has 0 spiro atoms. The number of nitrogens with two attached hydrogens (primary N) is 1. The van der Waals surface area contributed by atoms with Crippen LogP contribution in [0.15, 0.2) is 29.6 Å². The van der Waals surface area contributed by atoms with Crippen molar-refractivity contribution in [3.05, 3.63) is 43.9 Å². The van der Waals surface area contributed by atoms with Gasteiger partial charge in [0.2, 0.25) is 5.95 Å². The SMILES string of the molecule is CC(C)(Cn1c(N)nc2cc(I)c(F)cc21)c1cccs1. The Morgan fingerprint density at radius 2 is 2.19 bits per heavy atom. The van der Waals surface area contributed by atoms with E-state index < -0.39 is 0 Å². The van der Waals surface area contributed by atoms with Crippen molar-refractivity contribution in [2.24, 2.45) is 0 Å². The van der Waals surface area contributed by atoms with Crippen LogP contribution in [0.4, 0.5) is 10.3 Å². The summed E-state index contributed by atoms with van der Waals surface area (Å²) in [6.45, 7) is 4.98. The Hall–Kier alpha value is -1.15. The molecular formula is C15H15FIN3S. The van der Waals surface area contributed by atoms with Gasteiger partial charge in [0.1, 0.15) is 5.82 Å². The fourth-order valence-corrected chi connectivity index (χ4v) is 3.74. The van der Waals surface area contributed by atoms with Crippen molar-refractivity contribution in [1.29, 1.82) is 0 Å². The summed E-state index contributed by atoms with van der Waals surface area (Å²) in [5, 5.41) is 2.06. The fourth-order valence-electron chi connectivity index (χ4n) is 2.44. The lowest BCUT2D eigenvalue weighted by atomic mass is 9.91. The van der Waals surface area contributed by atoms with Gasteiger partial charge in [0.15, 0.2) is 0 Å². The van der Waals surface area contributed by atoms with Gasteiger partial charge in [-0.05, 0) is 40.1 Å². The van der Waals surface area contributed by atoms with Crippen LogP contribution in [0, 0.1) is 9.39 Å². The molecule has 21 heavy (non-hydrogen) atoms. The summed E-state index contributed by atoms with van der Waals surface area (Å²) >= 11 is 3.69. The van der Waals surface area contributed by atoms with Gasteiger partial charge in [-0.2, -0.15) is 0 Å². The van der Waals surface area contributed by atoms with Crippen LogP contribution in [0.1, 0.15) is 18.7 Å². The number of hydrogen-bond acceptors (Lipinski definition) is 3. The minimum Gasteiger partial charge on any atom is -0.369 e. The first-order valence-corrected chi connectivity index (χ1v) is 8.49. The molecule has 2 aromatic heterocycles. The first-order valence-electron chi connectivity index (χ1n) is 6.53. The van der Waals surface area contributed by atoms with Gasteiger partial charge >= 0.3 is 0 Å². The monoisotopic (exact) mass is 415 g/mol. The fraction of sp³-hybridized carbons (Fsp3) is 0.267. The number of benzene rings is 1. The van der Waals surface area contributed by atoms with Gasteiger partial charge in [-0.15, -0.1) is 11.3 Å². The quantitative estimate of drug-likeness (QED) is 0.645. The molecule has 110 valence electrons. The summed E-state index contributed by atoms with van der Waals surface area (Å²) < 4.78 is 16.3. The molecule has 0 saturated heterocycles. The van der Waals surface area contributed by atoms with Crippen LogP contribution in [0.25, 0.3) is 11.0 Å². The highest BCUT2D eigenvalue weighted by Gasteiger charge is 2.25. The van der Waals surface area contributed by atoms with Gasteiger partial charge in [-0.25, -0.2) is 9.37 Å². The highest BCUT2D eigenvalue weighted by molar-refractivity contribution is 14.1. The van der Waals surface area contributed by atoms with Gasteiger partial charge in [0.05, 0.1) is 14.6 Å². The third kappa shape index (κ3) is 2.66. The summed E-state index contributed by atoms with van der Waals surface area (Å²) in [5.41, 5.74) is 7.44. The van der Waals surface area contributed by atoms with Gasteiger partial charge in [0, 0.05) is 22.9 Å². The van der Waals surface area contributed by atoms with Crippen molar-refractivity contribution in [2.45, 2.75) is 25.8 Å². The van der Waals surface area contributed by atoms with Crippen molar-refractivity contribution < 1.29 is 4.39 Å². The number of imidazole rings is 1. The number of nitrogens with zero attached hydrogens (tertiary/aromatic N) is 2. The molecule has 0 fully saturated rings. The molecule has 0 radical (unpaired) electrons. The molecule has 0 aliphatic rings. The van der Waals surface area contributed by atoms with Crippen LogP contribution < -0.4 is 5.73 Å². The molecule has 3 aromatic rings. The third-order valence-corrected chi connectivity index (χ3v) is 5.62. The third-order valence-electron chi connectivity index (χ3n) is 3.56. The second-order valence-electron chi connectivity index (χ2n) is 5.67. The molecule has 3 nitrogen and oxygen atoms in total. The first kappa shape index (κ1) is 14.8. The van der Waals surface area contributed by atoms with Crippen LogP contribution in [0.3, 0.4) is 0 Å². The zero-order chi connectivity index (χ0) is 15.2. The van der Waals surface area contributed by atoms with E-state index in [2.05, 4.69) is 30.3 Å². The van der Waals surface area contributed by atoms with Crippen LogP contribution >= 0.6 is 33.9 Å². The Morgan fingerprint density at radius 1 is 1.43 bits per heavy atom. The molecule has 0 aliphatic carbocycles. The lowest BCUT2D eigenvalue weighted by molar-refractivity contribution is 0.453. The minimum absolute atomic E-state index is 0.0879. The normalized spacial score (nSPS) is 12.2. The maximum Gasteiger partial charge on any atom is 0.201 e. The van der Waals surface area contributed by atoms with E-state index in [1.807, 2.05) is 33.2 Å². The first-order chi connectivity index (χ1) is 9.88. The average molecular weight is 415 g/mol. The highest BCUT2D eigenvalue weighted by atomic mass is 127. The molecule has 0 amide bonds. The van der Waals surface area contributed by atoms with Crippen LogP contribution in [-0.2, 0) is 12.0 Å². The van der Waals surface area contributed by atoms with Gasteiger partial charge in [-0.1, -0.05) is 19.9 Å². The second-order valence-corrected chi connectivity index (χ2v) is 7.78. The van der Waals surface area contributed by atoms with Crippen LogP contribution in [-0.4, -0.2) is 9.55 Å². The largest absolute Gasteiger partial charge is 0.369 e. The number of fused-ring (bicyclic) bond motifs is 1. The lowest BCUT2D eigenvalue weighted by Crippen LogP contribution is -2.24. The Morgan fingerprint density at radius 3 is 2.86 bits per heavy atom. The summed E-state index contributed by atoms with van der Waals surface area (Å²) in [6, 6.07) is 7.41. The van der Waals surface area contributed by atoms with Crippen molar-refractivity contribution in [2.75, 3.05) is 5.73 Å². The molecule has 1 aromatic carbocycles. The van der Waals surface area contributed by atoms with Crippen molar-refractivity contribution in [3.8, 4) is 0 Å². The zero-order valence-electron chi connectivity index (χ0n) is 11.7. The Labute approximate surface area is 140 Å². The minimum atomic E-state index is -0.238. The standard InChI is InChI=1S/C15H15FIN3S/c1-15(2,13-4-3-5-21-13)8-20-12-6-9(16)10(17)7-11(12)19-14(20)18/h3-7H,8H2,1-2H3,(H2,18,19). The van der Waals surface area contributed by atoms with E-state index in [-0.39, 0.29) is 11.2 Å². The van der Waals surface area contributed by atoms with Crippen molar-refractivity contribution in [1.82, 2.24) is 9.55 Å². The second kappa shape index (κ2) is 5.24. The molecule has 6 heteroatoms. The number of anilines is 1. The Kier molecular flexibility index (Phi) is 3.69. The summed E-state index contributed by atoms with van der Waals surface area (Å²) in [6.07, 6.45) is 0. The van der Waals surface area contributed by atoms with E-state index in [0.717, 1.165) is 11.0 Å². The number of nitrogen functional groups attached to an aromatic ring is 1. The average Bonchev–Trinajstić information content (AvgIpc) is 3.02. The molecule has 0 atom stereocenters. The van der Waals surface area contributed by atoms with Crippen molar-refractivity contribution in [3.63, 3.8) is 0 Å². The number of rotatable bonds is 3. The molecule has 0 bridgehead atoms. The number of thiophene rings is 1. The molecule has 3 rings (SSSR count). The number of halogens is 2. The summed E-state index contributed by atoms with van der Waals surface area (Å²) in [7, 11) is 0. The van der Waals surface area contributed by atoms with E-state index in [9.17, 15) is 4.39 Å². The molecule has 2 N–H and O–H groups in total.